The van der Waals surface area contributed by atoms with E-state index in [4.69, 9.17) is 0 Å². The van der Waals surface area contributed by atoms with Crippen LogP contribution in [-0.4, -0.2) is 35.4 Å². The Kier molecular flexibility index (Phi) is 53.4. The largest absolute Gasteiger partial charge is 0.465 e. The molecule has 0 saturated heterocycles. The van der Waals surface area contributed by atoms with Crippen LogP contribution in [-0.2, 0) is 39.3 Å². The summed E-state index contributed by atoms with van der Waals surface area (Å²) in [5.41, 5.74) is 0. The molecular formula is C32H68BrO5Zn+. The molecule has 0 bridgehead atoms. The molecule has 0 aliphatic heterocycles. The standard InChI is InChI=1S/C15H32O.C13H26O.C4H7BrO2.H2O.Zn/c1-4-6-7-8-9-10-11-12-13-14(3)15(16)5-2;1-3-4-5-6-7-8-9-10-11-13(2)12-14;1-2-7-4(6)3-5;;/h14-16H,4-13H2,1-3H3;12-13H,3-11H2,1-2H3;2-3H2,1H3;1H2;/p+1. The molecule has 3 unspecified atom stereocenters. The van der Waals surface area contributed by atoms with Gasteiger partial charge in [-0.3, -0.25) is 4.79 Å². The predicted molar refractivity (Wildman–Crippen MR) is 170 cm³/mol. The number of carbonyl (C=O) groups is 2. The van der Waals surface area contributed by atoms with E-state index in [-0.39, 0.29) is 42.9 Å². The predicted octanol–water partition coefficient (Wildman–Crippen LogP) is 9.30. The average Bonchev–Trinajstić information content (AvgIpc) is 2.91. The van der Waals surface area contributed by atoms with Gasteiger partial charge < -0.3 is 20.1 Å². The minimum absolute atomic E-state index is 0. The first-order valence-electron chi connectivity index (χ1n) is 15.7. The number of unbranched alkanes of at least 4 members (excludes halogenated alkanes) is 14. The summed E-state index contributed by atoms with van der Waals surface area (Å²) in [6.07, 6.45) is 26.0. The van der Waals surface area contributed by atoms with Gasteiger partial charge in [-0.2, -0.15) is 0 Å². The molecule has 0 fully saturated rings. The van der Waals surface area contributed by atoms with Crippen LogP contribution in [0.15, 0.2) is 0 Å². The van der Waals surface area contributed by atoms with Crippen LogP contribution in [0, 0.1) is 11.8 Å². The van der Waals surface area contributed by atoms with Gasteiger partial charge in [0.2, 0.25) is 0 Å². The Morgan fingerprint density at radius 1 is 0.744 bits per heavy atom. The first kappa shape index (κ1) is 48.9. The van der Waals surface area contributed by atoms with Crippen molar-refractivity contribution in [2.75, 3.05) is 11.9 Å². The summed E-state index contributed by atoms with van der Waals surface area (Å²) in [5.74, 6) is 0.558. The Balaban J connectivity index is -0.000000154. The van der Waals surface area contributed by atoms with Gasteiger partial charge in [0.25, 0.3) is 0 Å². The molecule has 0 aliphatic rings. The summed E-state index contributed by atoms with van der Waals surface area (Å²) >= 11 is 2.94. The molecule has 0 amide bonds. The van der Waals surface area contributed by atoms with Crippen molar-refractivity contribution in [1.29, 1.82) is 0 Å². The van der Waals surface area contributed by atoms with Gasteiger partial charge >= 0.3 is 5.97 Å². The molecule has 39 heavy (non-hydrogen) atoms. The summed E-state index contributed by atoms with van der Waals surface area (Å²) in [7, 11) is 0. The van der Waals surface area contributed by atoms with Crippen molar-refractivity contribution >= 4 is 28.2 Å². The summed E-state index contributed by atoms with van der Waals surface area (Å²) < 4.78 is 4.51. The van der Waals surface area contributed by atoms with Gasteiger partial charge in [-0.05, 0) is 32.1 Å². The molecule has 234 valence electrons. The molecule has 3 atom stereocenters. The fraction of sp³-hybridized carbons (Fsp3) is 0.938. The van der Waals surface area contributed by atoms with Gasteiger partial charge in [-0.25, -0.2) is 0 Å². The third kappa shape index (κ3) is 45.4. The Morgan fingerprint density at radius 2 is 1.13 bits per heavy atom. The number of esters is 1. The van der Waals surface area contributed by atoms with Crippen molar-refractivity contribution in [3.05, 3.63) is 0 Å². The van der Waals surface area contributed by atoms with Gasteiger partial charge in [0.1, 0.15) is 11.6 Å². The van der Waals surface area contributed by atoms with Crippen molar-refractivity contribution in [2.45, 2.75) is 170 Å². The molecule has 4 N–H and O–H groups in total. The molecule has 5 nitrogen and oxygen atoms in total. The van der Waals surface area contributed by atoms with Gasteiger partial charge in [-0.1, -0.05) is 153 Å². The Hall–Kier alpha value is 0.163. The topological polar surface area (TPSA) is 96.6 Å². The number of alkyl halides is 1. The maximum atomic E-state index is 10.3. The monoisotopic (exact) mass is 675 g/mol. The molecule has 0 radical (unpaired) electrons. The minimum Gasteiger partial charge on any atom is -0.465 e. The second-order valence-corrected chi connectivity index (χ2v) is 11.1. The number of ether oxygens (including phenoxy) is 1. The number of carbonyl (C=O) groups excluding carboxylic acids is 2. The molecule has 7 heteroatoms. The third-order valence-electron chi connectivity index (χ3n) is 6.75. The van der Waals surface area contributed by atoms with Crippen LogP contribution in [0.2, 0.25) is 0 Å². The van der Waals surface area contributed by atoms with Crippen LogP contribution < -0.4 is 0 Å². The van der Waals surface area contributed by atoms with Crippen LogP contribution in [0.25, 0.3) is 0 Å². The maximum absolute atomic E-state index is 10.3. The first-order chi connectivity index (χ1) is 17.8. The number of aliphatic hydroxyl groups excluding tert-OH is 1. The van der Waals surface area contributed by atoms with Crippen LogP contribution in [0.3, 0.4) is 0 Å². The molecular weight excluding hydrogens is 610 g/mol. The van der Waals surface area contributed by atoms with Gasteiger partial charge in [0.05, 0.1) is 12.7 Å². The SMILES string of the molecule is CCCCCCCCCCC(C)C(O)CC.CCCCCCCCCCC(C)C=O.CCOC(=O)CBr.[OH3+].[Zn]. The number of hydrogen-bond acceptors (Lipinski definition) is 4. The van der Waals surface area contributed by atoms with Crippen LogP contribution in [0.1, 0.15) is 164 Å². The fourth-order valence-corrected chi connectivity index (χ4v) is 4.22. The smallest absolute Gasteiger partial charge is 0.316 e. The molecule has 0 aromatic rings. The van der Waals surface area contributed by atoms with Gasteiger partial charge in [0.15, 0.2) is 0 Å². The molecule has 0 saturated carbocycles. The molecule has 0 heterocycles. The van der Waals surface area contributed by atoms with E-state index in [1.165, 1.54) is 109 Å². The van der Waals surface area contributed by atoms with Crippen molar-refractivity contribution in [3.63, 3.8) is 0 Å². The fourth-order valence-electron chi connectivity index (χ4n) is 4.06. The zero-order chi connectivity index (χ0) is 28.6. The van der Waals surface area contributed by atoms with Crippen LogP contribution >= 0.6 is 15.9 Å². The molecule has 0 spiro atoms. The van der Waals surface area contributed by atoms with Crippen molar-refractivity contribution in [1.82, 2.24) is 0 Å². The maximum Gasteiger partial charge on any atom is 0.316 e. The Labute approximate surface area is 265 Å². The van der Waals surface area contributed by atoms with E-state index in [1.54, 1.807) is 6.92 Å². The summed E-state index contributed by atoms with van der Waals surface area (Å²) in [5, 5.41) is 9.92. The van der Waals surface area contributed by atoms with Crippen molar-refractivity contribution < 1.29 is 44.4 Å². The summed E-state index contributed by atoms with van der Waals surface area (Å²) in [6.45, 7) is 13.0. The van der Waals surface area contributed by atoms with E-state index in [9.17, 15) is 14.7 Å². The zero-order valence-electron chi connectivity index (χ0n) is 27.0. The number of hydrogen-bond donors (Lipinski definition) is 1. The van der Waals surface area contributed by atoms with Crippen LogP contribution in [0.4, 0.5) is 0 Å². The van der Waals surface area contributed by atoms with Crippen molar-refractivity contribution in [3.8, 4) is 0 Å². The van der Waals surface area contributed by atoms with Crippen molar-refractivity contribution in [2.24, 2.45) is 11.8 Å². The first-order valence-corrected chi connectivity index (χ1v) is 16.8. The normalized spacial score (nSPS) is 12.2. The minimum atomic E-state index is -0.206. The number of rotatable bonds is 23. The quantitative estimate of drug-likeness (QED) is 0.0291. The van der Waals surface area contributed by atoms with E-state index in [2.05, 4.69) is 48.4 Å². The van der Waals surface area contributed by atoms with E-state index in [1.807, 2.05) is 6.92 Å². The van der Waals surface area contributed by atoms with E-state index in [0.717, 1.165) is 19.1 Å². The number of halogens is 1. The average molecular weight is 678 g/mol. The van der Waals surface area contributed by atoms with Gasteiger partial charge in [0, 0.05) is 25.4 Å². The summed E-state index contributed by atoms with van der Waals surface area (Å²) in [4.78, 5) is 20.5. The second kappa shape index (κ2) is 42.6. The molecule has 0 rings (SSSR count). The number of aldehydes is 1. The Morgan fingerprint density at radius 3 is 1.44 bits per heavy atom. The molecule has 0 aromatic carbocycles. The van der Waals surface area contributed by atoms with Gasteiger partial charge in [-0.15, -0.1) is 0 Å². The van der Waals surface area contributed by atoms with Crippen LogP contribution in [0.5, 0.6) is 0 Å². The van der Waals surface area contributed by atoms with E-state index < -0.39 is 0 Å². The number of aliphatic hydroxyl groups is 1. The third-order valence-corrected chi connectivity index (χ3v) is 7.21. The molecule has 0 aliphatic carbocycles. The Bertz CT molecular complexity index is 454. The van der Waals surface area contributed by atoms with E-state index in [0.29, 0.717) is 17.9 Å². The van der Waals surface area contributed by atoms with E-state index >= 15 is 0 Å². The summed E-state index contributed by atoms with van der Waals surface area (Å²) in [6, 6.07) is 0. The second-order valence-electron chi connectivity index (χ2n) is 10.5. The zero-order valence-corrected chi connectivity index (χ0v) is 31.5. The molecule has 0 aromatic heterocycles.